The van der Waals surface area contributed by atoms with Gasteiger partial charge in [0.25, 0.3) is 0 Å². The van der Waals surface area contributed by atoms with Crippen LogP contribution in [0.15, 0.2) is 59.6 Å². The monoisotopic (exact) mass is 344 g/mol. The van der Waals surface area contributed by atoms with Crippen LogP contribution in [0.2, 0.25) is 0 Å². The lowest BCUT2D eigenvalue weighted by Crippen LogP contribution is -2.01. The number of carbonyl (C=O) groups is 1. The minimum atomic E-state index is -0.973. The van der Waals surface area contributed by atoms with Crippen molar-refractivity contribution in [1.82, 2.24) is 9.97 Å². The fourth-order valence-electron chi connectivity index (χ4n) is 2.75. The highest BCUT2D eigenvalue weighted by molar-refractivity contribution is 7.07. The molecule has 0 bridgehead atoms. The molecule has 0 amide bonds. The lowest BCUT2D eigenvalue weighted by Gasteiger charge is -2.09. The first-order chi connectivity index (χ1) is 12.2. The zero-order valence-corrected chi connectivity index (χ0v) is 13.8. The topological polar surface area (TPSA) is 66.0 Å². The Kier molecular flexibility index (Phi) is 3.81. The fourth-order valence-corrected chi connectivity index (χ4v) is 3.24. The fraction of sp³-hybridized carbons (Fsp3) is 0. The Morgan fingerprint density at radius 1 is 1.16 bits per heavy atom. The number of aromatic amines is 1. The molecule has 5 heteroatoms. The van der Waals surface area contributed by atoms with Crippen LogP contribution in [0.4, 0.5) is 0 Å². The summed E-state index contributed by atoms with van der Waals surface area (Å²) in [6.45, 7) is 0. The van der Waals surface area contributed by atoms with Gasteiger partial charge in [0.15, 0.2) is 0 Å². The summed E-state index contributed by atoms with van der Waals surface area (Å²) in [6, 6.07) is 13.0. The number of H-pyrrole nitrogens is 1. The Bertz CT molecular complexity index is 1130. The summed E-state index contributed by atoms with van der Waals surface area (Å²) >= 11 is 1.47. The van der Waals surface area contributed by atoms with Gasteiger partial charge in [-0.1, -0.05) is 24.1 Å². The van der Waals surface area contributed by atoms with Crippen LogP contribution < -0.4 is 0 Å². The lowest BCUT2D eigenvalue weighted by molar-refractivity contribution is 0.0697. The number of rotatable bonds is 2. The molecule has 0 unspecified atom stereocenters. The van der Waals surface area contributed by atoms with Gasteiger partial charge in [0.05, 0.1) is 11.1 Å². The Morgan fingerprint density at radius 3 is 2.88 bits per heavy atom. The molecule has 4 rings (SSSR count). The van der Waals surface area contributed by atoms with E-state index in [4.69, 9.17) is 0 Å². The Morgan fingerprint density at radius 2 is 2.08 bits per heavy atom. The zero-order chi connectivity index (χ0) is 17.2. The van der Waals surface area contributed by atoms with Crippen molar-refractivity contribution in [3.63, 3.8) is 0 Å². The van der Waals surface area contributed by atoms with Gasteiger partial charge in [-0.25, -0.2) is 9.78 Å². The molecule has 4 aromatic rings. The number of nitrogens with zero attached hydrogens (tertiary/aromatic N) is 1. The van der Waals surface area contributed by atoms with Crippen molar-refractivity contribution in [3.05, 3.63) is 76.4 Å². The smallest absolute Gasteiger partial charge is 0.336 e. The van der Waals surface area contributed by atoms with E-state index in [0.717, 1.165) is 16.5 Å². The molecule has 2 N–H and O–H groups in total. The number of aromatic nitrogens is 2. The molecule has 0 spiro atoms. The van der Waals surface area contributed by atoms with E-state index in [-0.39, 0.29) is 5.56 Å². The zero-order valence-electron chi connectivity index (χ0n) is 13.0. The summed E-state index contributed by atoms with van der Waals surface area (Å²) in [7, 11) is 0. The maximum Gasteiger partial charge on any atom is 0.336 e. The van der Waals surface area contributed by atoms with Crippen LogP contribution in [0.1, 0.15) is 21.6 Å². The van der Waals surface area contributed by atoms with Gasteiger partial charge < -0.3 is 10.1 Å². The summed E-state index contributed by atoms with van der Waals surface area (Å²) < 4.78 is 0. The average Bonchev–Trinajstić information content (AvgIpc) is 3.30. The van der Waals surface area contributed by atoms with Crippen molar-refractivity contribution in [2.45, 2.75) is 0 Å². The highest BCUT2D eigenvalue weighted by Crippen LogP contribution is 2.30. The third-order valence-corrected chi connectivity index (χ3v) is 4.48. The van der Waals surface area contributed by atoms with Gasteiger partial charge in [-0.15, -0.1) is 11.3 Å². The van der Waals surface area contributed by atoms with Gasteiger partial charge in [0.2, 0.25) is 0 Å². The standard InChI is InChI=1S/C20H12N2O2S/c23-20(24)17-3-1-2-14(6-7-16-11-25-12-22-16)19(17)15-5-4-13-8-9-21-18(13)10-15/h1-5,8-12,21H,(H,23,24). The first kappa shape index (κ1) is 15.2. The van der Waals surface area contributed by atoms with Crippen LogP contribution in [-0.2, 0) is 0 Å². The van der Waals surface area contributed by atoms with Crippen LogP contribution in [0.5, 0.6) is 0 Å². The number of hydrogen-bond donors (Lipinski definition) is 2. The van der Waals surface area contributed by atoms with Crippen molar-refractivity contribution in [3.8, 4) is 23.0 Å². The van der Waals surface area contributed by atoms with Crippen molar-refractivity contribution in [2.24, 2.45) is 0 Å². The van der Waals surface area contributed by atoms with Crippen LogP contribution >= 0.6 is 11.3 Å². The van der Waals surface area contributed by atoms with Crippen molar-refractivity contribution in [1.29, 1.82) is 0 Å². The number of carboxylic acids is 1. The minimum Gasteiger partial charge on any atom is -0.478 e. The summed E-state index contributed by atoms with van der Waals surface area (Å²) in [5, 5.41) is 12.5. The minimum absolute atomic E-state index is 0.232. The van der Waals surface area contributed by atoms with Gasteiger partial charge in [0.1, 0.15) is 5.69 Å². The Hall–Kier alpha value is -3.36. The van der Waals surface area contributed by atoms with Crippen molar-refractivity contribution >= 4 is 28.2 Å². The van der Waals surface area contributed by atoms with Crippen LogP contribution in [0.25, 0.3) is 22.0 Å². The summed E-state index contributed by atoms with van der Waals surface area (Å²) in [6.07, 6.45) is 1.86. The highest BCUT2D eigenvalue weighted by atomic mass is 32.1. The molecule has 2 aromatic heterocycles. The SMILES string of the molecule is O=C(O)c1cccc(C#Cc2cscn2)c1-c1ccc2cc[nH]c2c1. The maximum atomic E-state index is 11.7. The number of carboxylic acid groups (broad SMARTS) is 1. The third-order valence-electron chi connectivity index (χ3n) is 3.90. The molecule has 25 heavy (non-hydrogen) atoms. The lowest BCUT2D eigenvalue weighted by atomic mass is 9.94. The predicted octanol–water partition coefficient (Wildman–Crippen LogP) is 4.39. The molecule has 0 radical (unpaired) electrons. The summed E-state index contributed by atoms with van der Waals surface area (Å²) in [5.74, 6) is 5.10. The van der Waals surface area contributed by atoms with Gasteiger partial charge in [0, 0.05) is 28.2 Å². The van der Waals surface area contributed by atoms with Crippen molar-refractivity contribution in [2.75, 3.05) is 0 Å². The third kappa shape index (κ3) is 2.91. The van der Waals surface area contributed by atoms with E-state index in [1.54, 1.807) is 17.6 Å². The van der Waals surface area contributed by atoms with E-state index in [0.29, 0.717) is 16.8 Å². The first-order valence-electron chi connectivity index (χ1n) is 7.56. The van der Waals surface area contributed by atoms with E-state index in [9.17, 15) is 9.90 Å². The number of benzene rings is 2. The number of thiazole rings is 1. The Balaban J connectivity index is 1.93. The van der Waals surface area contributed by atoms with Crippen LogP contribution in [-0.4, -0.2) is 21.0 Å². The van der Waals surface area contributed by atoms with E-state index in [1.807, 2.05) is 41.9 Å². The number of nitrogens with one attached hydrogen (secondary N) is 1. The highest BCUT2D eigenvalue weighted by Gasteiger charge is 2.15. The normalized spacial score (nSPS) is 10.4. The van der Waals surface area contributed by atoms with E-state index < -0.39 is 5.97 Å². The van der Waals surface area contributed by atoms with Gasteiger partial charge in [-0.3, -0.25) is 0 Å². The van der Waals surface area contributed by atoms with E-state index in [1.165, 1.54) is 11.3 Å². The number of aromatic carboxylic acids is 1. The van der Waals surface area contributed by atoms with E-state index >= 15 is 0 Å². The number of hydrogen-bond acceptors (Lipinski definition) is 3. The second-order valence-corrected chi connectivity index (χ2v) is 6.16. The molecule has 0 aliphatic carbocycles. The molecule has 0 saturated carbocycles. The predicted molar refractivity (Wildman–Crippen MR) is 98.8 cm³/mol. The largest absolute Gasteiger partial charge is 0.478 e. The van der Waals surface area contributed by atoms with Gasteiger partial charge >= 0.3 is 5.97 Å². The number of fused-ring (bicyclic) bond motifs is 1. The molecule has 120 valence electrons. The van der Waals surface area contributed by atoms with Crippen LogP contribution in [0.3, 0.4) is 0 Å². The molecule has 2 aromatic carbocycles. The molecule has 0 atom stereocenters. The van der Waals surface area contributed by atoms with Crippen molar-refractivity contribution < 1.29 is 9.90 Å². The average molecular weight is 344 g/mol. The molecule has 0 saturated heterocycles. The first-order valence-corrected chi connectivity index (χ1v) is 8.51. The Labute approximate surface area is 147 Å². The molecule has 4 nitrogen and oxygen atoms in total. The quantitative estimate of drug-likeness (QED) is 0.530. The summed E-state index contributed by atoms with van der Waals surface area (Å²) in [4.78, 5) is 19.0. The van der Waals surface area contributed by atoms with Gasteiger partial charge in [-0.05, 0) is 41.1 Å². The maximum absolute atomic E-state index is 11.7. The molecule has 0 fully saturated rings. The molecular weight excluding hydrogens is 332 g/mol. The van der Waals surface area contributed by atoms with Gasteiger partial charge in [-0.2, -0.15) is 0 Å². The second-order valence-electron chi connectivity index (χ2n) is 5.44. The summed E-state index contributed by atoms with van der Waals surface area (Å²) in [5.41, 5.74) is 5.68. The molecule has 0 aliphatic rings. The molecular formula is C20H12N2O2S. The molecule has 0 aliphatic heterocycles. The second kappa shape index (κ2) is 6.27. The van der Waals surface area contributed by atoms with Crippen LogP contribution in [0, 0.1) is 11.8 Å². The molecule has 2 heterocycles. The van der Waals surface area contributed by atoms with E-state index in [2.05, 4.69) is 21.8 Å².